The zero-order chi connectivity index (χ0) is 16.4. The van der Waals surface area contributed by atoms with Gasteiger partial charge in [-0.15, -0.1) is 12.4 Å². The highest BCUT2D eigenvalue weighted by Gasteiger charge is 2.31. The van der Waals surface area contributed by atoms with E-state index in [0.717, 1.165) is 62.8 Å². The lowest BCUT2D eigenvalue weighted by atomic mass is 10.2. The summed E-state index contributed by atoms with van der Waals surface area (Å²) < 4.78 is 7.53. The maximum atomic E-state index is 12.4. The molecule has 1 N–H and O–H groups in total. The lowest BCUT2D eigenvalue weighted by Crippen LogP contribution is -2.49. The molecule has 0 aromatic carbocycles. The van der Waals surface area contributed by atoms with Crippen LogP contribution >= 0.6 is 12.4 Å². The summed E-state index contributed by atoms with van der Waals surface area (Å²) in [5.74, 6) is 0.809. The van der Waals surface area contributed by atoms with Crippen LogP contribution in [0, 0.1) is 13.8 Å². The number of ether oxygens (including phenoxy) is 1. The molecule has 2 saturated heterocycles. The van der Waals surface area contributed by atoms with Gasteiger partial charge in [0.05, 0.1) is 5.69 Å². The number of rotatable bonds is 4. The number of aromatic nitrogens is 2. The number of likely N-dealkylation sites (tertiary alicyclic amines) is 1. The van der Waals surface area contributed by atoms with Crippen molar-refractivity contribution in [1.82, 2.24) is 24.9 Å². The smallest absolute Gasteiger partial charge is 0.260 e. The van der Waals surface area contributed by atoms with E-state index in [-0.39, 0.29) is 24.9 Å². The molecule has 136 valence electrons. The molecule has 3 heterocycles. The average Bonchev–Trinajstić information content (AvgIpc) is 3.13. The molecule has 2 aliphatic heterocycles. The van der Waals surface area contributed by atoms with E-state index in [1.807, 2.05) is 25.8 Å². The number of nitrogens with zero attached hydrogens (tertiary/aromatic N) is 4. The molecular formula is C16H28ClN5O2. The molecule has 1 aromatic rings. The Morgan fingerprint density at radius 3 is 2.62 bits per heavy atom. The first-order valence-corrected chi connectivity index (χ1v) is 8.42. The van der Waals surface area contributed by atoms with E-state index in [9.17, 15) is 4.79 Å². The Kier molecular flexibility index (Phi) is 6.48. The highest BCUT2D eigenvalue weighted by molar-refractivity contribution is 5.85. The van der Waals surface area contributed by atoms with Crippen molar-refractivity contribution in [2.75, 3.05) is 45.9 Å². The van der Waals surface area contributed by atoms with E-state index >= 15 is 0 Å². The number of aryl methyl sites for hydroxylation is 2. The van der Waals surface area contributed by atoms with Gasteiger partial charge in [-0.2, -0.15) is 5.10 Å². The number of hydrogen-bond donors (Lipinski definition) is 1. The van der Waals surface area contributed by atoms with Crippen LogP contribution in [0.5, 0.6) is 5.75 Å². The number of carbonyl (C=O) groups is 1. The summed E-state index contributed by atoms with van der Waals surface area (Å²) in [6.07, 6.45) is 1.07. The number of nitrogens with one attached hydrogen (secondary N) is 1. The Hall–Kier alpha value is -1.31. The van der Waals surface area contributed by atoms with Crippen LogP contribution in [-0.4, -0.2) is 77.4 Å². The molecule has 0 radical (unpaired) electrons. The highest BCUT2D eigenvalue weighted by atomic mass is 35.5. The Labute approximate surface area is 149 Å². The number of carbonyl (C=O) groups excluding carboxylic acids is 1. The molecule has 2 fully saturated rings. The van der Waals surface area contributed by atoms with Crippen LogP contribution < -0.4 is 10.1 Å². The third kappa shape index (κ3) is 4.02. The van der Waals surface area contributed by atoms with Gasteiger partial charge in [0, 0.05) is 52.4 Å². The second-order valence-corrected chi connectivity index (χ2v) is 6.48. The summed E-state index contributed by atoms with van der Waals surface area (Å²) in [5, 5.41) is 7.69. The maximum absolute atomic E-state index is 12.4. The average molecular weight is 358 g/mol. The molecule has 1 unspecified atom stereocenters. The topological polar surface area (TPSA) is 62.6 Å². The summed E-state index contributed by atoms with van der Waals surface area (Å²) >= 11 is 0. The third-order valence-corrected chi connectivity index (χ3v) is 4.97. The number of halogens is 1. The molecule has 0 spiro atoms. The minimum atomic E-state index is 0. The maximum Gasteiger partial charge on any atom is 0.260 e. The zero-order valence-corrected chi connectivity index (χ0v) is 15.6. The van der Waals surface area contributed by atoms with Crippen LogP contribution in [-0.2, 0) is 11.8 Å². The molecule has 7 nitrogen and oxygen atoms in total. The minimum absolute atomic E-state index is 0. The normalized spacial score (nSPS) is 21.6. The summed E-state index contributed by atoms with van der Waals surface area (Å²) in [7, 11) is 1.88. The van der Waals surface area contributed by atoms with Crippen LogP contribution in [0.1, 0.15) is 17.8 Å². The SMILES string of the molecule is Cc1nn(C)c(C)c1OCC(=O)N1CCC(N2CCNCC2)C1.Cl. The van der Waals surface area contributed by atoms with Crippen molar-refractivity contribution in [2.24, 2.45) is 7.05 Å². The fraction of sp³-hybridized carbons (Fsp3) is 0.750. The van der Waals surface area contributed by atoms with E-state index in [0.29, 0.717) is 6.04 Å². The molecule has 2 aliphatic rings. The van der Waals surface area contributed by atoms with Gasteiger partial charge >= 0.3 is 0 Å². The largest absolute Gasteiger partial charge is 0.480 e. The van der Waals surface area contributed by atoms with Gasteiger partial charge in [0.2, 0.25) is 0 Å². The second-order valence-electron chi connectivity index (χ2n) is 6.48. The summed E-state index contributed by atoms with van der Waals surface area (Å²) in [6, 6.07) is 0.503. The monoisotopic (exact) mass is 357 g/mol. The van der Waals surface area contributed by atoms with Gasteiger partial charge in [0.15, 0.2) is 12.4 Å². The Morgan fingerprint density at radius 1 is 1.29 bits per heavy atom. The van der Waals surface area contributed by atoms with Crippen molar-refractivity contribution >= 4 is 18.3 Å². The van der Waals surface area contributed by atoms with Crippen molar-refractivity contribution in [3.63, 3.8) is 0 Å². The summed E-state index contributed by atoms with van der Waals surface area (Å²) in [5.41, 5.74) is 1.79. The van der Waals surface area contributed by atoms with Crippen LogP contribution in [0.3, 0.4) is 0 Å². The highest BCUT2D eigenvalue weighted by Crippen LogP contribution is 2.22. The molecule has 24 heavy (non-hydrogen) atoms. The molecule has 1 amide bonds. The zero-order valence-electron chi connectivity index (χ0n) is 14.7. The third-order valence-electron chi connectivity index (χ3n) is 4.97. The van der Waals surface area contributed by atoms with Crippen LogP contribution in [0.4, 0.5) is 0 Å². The van der Waals surface area contributed by atoms with Gasteiger partial charge in [-0.25, -0.2) is 0 Å². The fourth-order valence-corrected chi connectivity index (χ4v) is 3.50. The number of piperazine rings is 1. The molecular weight excluding hydrogens is 330 g/mol. The van der Waals surface area contributed by atoms with E-state index in [1.165, 1.54) is 0 Å². The van der Waals surface area contributed by atoms with Crippen molar-refractivity contribution in [3.05, 3.63) is 11.4 Å². The van der Waals surface area contributed by atoms with Crippen molar-refractivity contribution < 1.29 is 9.53 Å². The summed E-state index contributed by atoms with van der Waals surface area (Å²) in [6.45, 7) is 9.88. The Morgan fingerprint density at radius 2 is 2.00 bits per heavy atom. The van der Waals surface area contributed by atoms with Crippen LogP contribution in [0.25, 0.3) is 0 Å². The van der Waals surface area contributed by atoms with Gasteiger partial charge in [-0.1, -0.05) is 0 Å². The van der Waals surface area contributed by atoms with Gasteiger partial charge in [0.25, 0.3) is 5.91 Å². The molecule has 0 bridgehead atoms. The first-order chi connectivity index (χ1) is 11.1. The minimum Gasteiger partial charge on any atom is -0.480 e. The molecule has 1 atom stereocenters. The van der Waals surface area contributed by atoms with E-state index in [1.54, 1.807) is 4.68 Å². The quantitative estimate of drug-likeness (QED) is 0.842. The standard InChI is InChI=1S/C16H27N5O2.ClH/c1-12-16(13(2)19(3)18-12)23-11-15(22)21-7-4-14(10-21)20-8-5-17-6-9-20;/h14,17H,4-11H2,1-3H3;1H. The van der Waals surface area contributed by atoms with Gasteiger partial charge < -0.3 is 15.0 Å². The van der Waals surface area contributed by atoms with Crippen molar-refractivity contribution in [3.8, 4) is 5.75 Å². The lowest BCUT2D eigenvalue weighted by molar-refractivity contribution is -0.132. The molecule has 8 heteroatoms. The van der Waals surface area contributed by atoms with Crippen LogP contribution in [0.15, 0.2) is 0 Å². The fourth-order valence-electron chi connectivity index (χ4n) is 3.50. The predicted molar refractivity (Wildman–Crippen MR) is 94.9 cm³/mol. The molecule has 0 saturated carbocycles. The van der Waals surface area contributed by atoms with Crippen molar-refractivity contribution in [1.29, 1.82) is 0 Å². The second kappa shape index (κ2) is 8.18. The van der Waals surface area contributed by atoms with E-state index < -0.39 is 0 Å². The lowest BCUT2D eigenvalue weighted by Gasteiger charge is -2.32. The van der Waals surface area contributed by atoms with E-state index in [4.69, 9.17) is 4.74 Å². The Balaban J connectivity index is 0.00000208. The molecule has 0 aliphatic carbocycles. The Bertz CT molecular complexity index is 571. The van der Waals surface area contributed by atoms with Gasteiger partial charge in [-0.3, -0.25) is 14.4 Å². The first-order valence-electron chi connectivity index (χ1n) is 8.42. The van der Waals surface area contributed by atoms with E-state index in [2.05, 4.69) is 15.3 Å². The molecule has 1 aromatic heterocycles. The number of hydrogen-bond acceptors (Lipinski definition) is 5. The van der Waals surface area contributed by atoms with Crippen LogP contribution in [0.2, 0.25) is 0 Å². The number of amides is 1. The summed E-state index contributed by atoms with van der Waals surface area (Å²) in [4.78, 5) is 16.9. The first kappa shape index (κ1) is 19.0. The predicted octanol–water partition coefficient (Wildman–Crippen LogP) is 0.344. The van der Waals surface area contributed by atoms with Gasteiger partial charge in [-0.05, 0) is 20.3 Å². The van der Waals surface area contributed by atoms with Crippen molar-refractivity contribution in [2.45, 2.75) is 26.3 Å². The molecule has 3 rings (SSSR count). The van der Waals surface area contributed by atoms with Gasteiger partial charge in [0.1, 0.15) is 5.69 Å².